The standard InChI is InChI=1S/C19H22N2O3/c1-13-4-5-14(2)16(8-13)20-19(22)11-21(3)10-15-6-7-17-18(9-15)24-12-23-17/h4-9H,10-12H2,1-3H3,(H,20,22)/p+1. The molecule has 24 heavy (non-hydrogen) atoms. The minimum Gasteiger partial charge on any atom is -0.454 e. The van der Waals surface area contributed by atoms with Crippen molar-refractivity contribution in [3.05, 3.63) is 53.1 Å². The van der Waals surface area contributed by atoms with E-state index >= 15 is 0 Å². The summed E-state index contributed by atoms with van der Waals surface area (Å²) >= 11 is 0. The van der Waals surface area contributed by atoms with Gasteiger partial charge in [0.2, 0.25) is 6.79 Å². The van der Waals surface area contributed by atoms with E-state index in [0.717, 1.165) is 45.3 Å². The first-order chi connectivity index (χ1) is 11.5. The summed E-state index contributed by atoms with van der Waals surface area (Å²) < 4.78 is 10.7. The molecular formula is C19H23N2O3+. The summed E-state index contributed by atoms with van der Waals surface area (Å²) in [5.74, 6) is 1.58. The van der Waals surface area contributed by atoms with Crippen LogP contribution in [0.3, 0.4) is 0 Å². The summed E-state index contributed by atoms with van der Waals surface area (Å²) in [6, 6.07) is 12.0. The largest absolute Gasteiger partial charge is 0.454 e. The topological polar surface area (TPSA) is 52.0 Å². The Morgan fingerprint density at radius 2 is 1.92 bits per heavy atom. The van der Waals surface area contributed by atoms with Gasteiger partial charge in [0.25, 0.3) is 5.91 Å². The van der Waals surface area contributed by atoms with Gasteiger partial charge in [0.15, 0.2) is 18.0 Å². The van der Waals surface area contributed by atoms with Gasteiger partial charge in [-0.25, -0.2) is 0 Å². The molecule has 0 saturated heterocycles. The van der Waals surface area contributed by atoms with Crippen molar-refractivity contribution >= 4 is 11.6 Å². The van der Waals surface area contributed by atoms with Crippen LogP contribution in [0.15, 0.2) is 36.4 Å². The minimum atomic E-state index is 0.0157. The number of fused-ring (bicyclic) bond motifs is 1. The summed E-state index contributed by atoms with van der Waals surface area (Å²) in [5, 5.41) is 3.00. The lowest BCUT2D eigenvalue weighted by atomic mass is 10.1. The van der Waals surface area contributed by atoms with Gasteiger partial charge in [-0.05, 0) is 49.2 Å². The van der Waals surface area contributed by atoms with E-state index in [1.165, 1.54) is 0 Å². The Morgan fingerprint density at radius 3 is 2.75 bits per heavy atom. The van der Waals surface area contributed by atoms with E-state index in [0.29, 0.717) is 6.54 Å². The molecule has 5 nitrogen and oxygen atoms in total. The second-order valence-electron chi connectivity index (χ2n) is 6.36. The monoisotopic (exact) mass is 327 g/mol. The average molecular weight is 327 g/mol. The maximum atomic E-state index is 12.3. The van der Waals surface area contributed by atoms with E-state index in [2.05, 4.69) is 5.32 Å². The van der Waals surface area contributed by atoms with Crippen molar-refractivity contribution in [3.63, 3.8) is 0 Å². The third-order valence-corrected chi connectivity index (χ3v) is 4.07. The highest BCUT2D eigenvalue weighted by molar-refractivity contribution is 5.92. The predicted molar refractivity (Wildman–Crippen MR) is 92.6 cm³/mol. The second-order valence-corrected chi connectivity index (χ2v) is 6.36. The van der Waals surface area contributed by atoms with E-state index in [-0.39, 0.29) is 12.7 Å². The number of nitrogens with one attached hydrogen (secondary N) is 2. The number of aryl methyl sites for hydroxylation is 2. The van der Waals surface area contributed by atoms with Crippen molar-refractivity contribution in [3.8, 4) is 11.5 Å². The highest BCUT2D eigenvalue weighted by Gasteiger charge is 2.16. The van der Waals surface area contributed by atoms with Gasteiger partial charge in [0.05, 0.1) is 7.05 Å². The van der Waals surface area contributed by atoms with Crippen LogP contribution in [0, 0.1) is 13.8 Å². The van der Waals surface area contributed by atoms with Crippen LogP contribution in [0.4, 0.5) is 5.69 Å². The van der Waals surface area contributed by atoms with Crippen LogP contribution in [0.25, 0.3) is 0 Å². The van der Waals surface area contributed by atoms with E-state index in [1.54, 1.807) is 0 Å². The predicted octanol–water partition coefficient (Wildman–Crippen LogP) is 1.69. The molecule has 2 N–H and O–H groups in total. The molecule has 0 aromatic heterocycles. The van der Waals surface area contributed by atoms with Crippen LogP contribution in [0.5, 0.6) is 11.5 Å². The molecule has 0 aliphatic carbocycles. The third kappa shape index (κ3) is 3.86. The van der Waals surface area contributed by atoms with E-state index in [4.69, 9.17) is 9.47 Å². The lowest BCUT2D eigenvalue weighted by Gasteiger charge is -2.15. The van der Waals surface area contributed by atoms with Crippen molar-refractivity contribution in [2.24, 2.45) is 0 Å². The zero-order valence-electron chi connectivity index (χ0n) is 14.3. The number of likely N-dealkylation sites (N-methyl/N-ethyl adjacent to an activating group) is 1. The van der Waals surface area contributed by atoms with E-state index < -0.39 is 0 Å². The molecule has 0 bridgehead atoms. The number of amides is 1. The molecule has 2 aromatic rings. The highest BCUT2D eigenvalue weighted by atomic mass is 16.7. The number of hydrogen-bond donors (Lipinski definition) is 2. The van der Waals surface area contributed by atoms with Gasteiger partial charge in [-0.1, -0.05) is 12.1 Å². The van der Waals surface area contributed by atoms with Gasteiger partial charge in [-0.2, -0.15) is 0 Å². The SMILES string of the molecule is Cc1ccc(C)c(NC(=O)C[NH+](C)Cc2ccc3c(c2)OCO3)c1. The van der Waals surface area contributed by atoms with Crippen molar-refractivity contribution in [1.29, 1.82) is 0 Å². The van der Waals surface area contributed by atoms with Gasteiger partial charge in [0, 0.05) is 11.3 Å². The Labute approximate surface area is 142 Å². The summed E-state index contributed by atoms with van der Waals surface area (Å²) in [4.78, 5) is 13.4. The second kappa shape index (κ2) is 6.93. The fourth-order valence-corrected chi connectivity index (χ4v) is 2.80. The molecule has 1 aliphatic heterocycles. The van der Waals surface area contributed by atoms with Crippen LogP contribution in [0.1, 0.15) is 16.7 Å². The van der Waals surface area contributed by atoms with Crippen LogP contribution in [0.2, 0.25) is 0 Å². The molecule has 0 radical (unpaired) electrons. The summed E-state index contributed by atoms with van der Waals surface area (Å²) in [7, 11) is 2.01. The number of rotatable bonds is 5. The Hall–Kier alpha value is -2.53. The Bertz CT molecular complexity index is 758. The Morgan fingerprint density at radius 1 is 1.12 bits per heavy atom. The smallest absolute Gasteiger partial charge is 0.279 e. The Kier molecular flexibility index (Phi) is 4.71. The van der Waals surface area contributed by atoms with Crippen molar-refractivity contribution < 1.29 is 19.2 Å². The number of benzene rings is 2. The summed E-state index contributed by atoms with van der Waals surface area (Å²) in [6.07, 6.45) is 0. The zero-order valence-corrected chi connectivity index (χ0v) is 14.3. The molecule has 126 valence electrons. The molecule has 1 atom stereocenters. The molecule has 0 saturated carbocycles. The number of hydrogen-bond acceptors (Lipinski definition) is 3. The van der Waals surface area contributed by atoms with Crippen LogP contribution >= 0.6 is 0 Å². The van der Waals surface area contributed by atoms with Crippen LogP contribution < -0.4 is 19.7 Å². The first-order valence-electron chi connectivity index (χ1n) is 8.08. The number of ether oxygens (including phenoxy) is 2. The molecule has 1 heterocycles. The first-order valence-corrected chi connectivity index (χ1v) is 8.08. The zero-order chi connectivity index (χ0) is 17.1. The van der Waals surface area contributed by atoms with Gasteiger partial charge in [-0.15, -0.1) is 0 Å². The number of carbonyl (C=O) groups is 1. The van der Waals surface area contributed by atoms with E-state index in [1.807, 2.05) is 57.3 Å². The molecule has 1 aliphatic rings. The molecule has 2 aromatic carbocycles. The number of carbonyl (C=O) groups excluding carboxylic acids is 1. The third-order valence-electron chi connectivity index (χ3n) is 4.07. The van der Waals surface area contributed by atoms with Gasteiger partial charge < -0.3 is 19.7 Å². The summed E-state index contributed by atoms with van der Waals surface area (Å²) in [5.41, 5.74) is 4.21. The summed E-state index contributed by atoms with van der Waals surface area (Å²) in [6.45, 7) is 5.45. The van der Waals surface area contributed by atoms with Crippen LogP contribution in [-0.4, -0.2) is 26.3 Å². The molecule has 3 rings (SSSR count). The van der Waals surface area contributed by atoms with E-state index in [9.17, 15) is 4.79 Å². The molecule has 0 spiro atoms. The fraction of sp³-hybridized carbons (Fsp3) is 0.316. The average Bonchev–Trinajstić information content (AvgIpc) is 2.98. The Balaban J connectivity index is 1.57. The highest BCUT2D eigenvalue weighted by Crippen LogP contribution is 2.32. The molecule has 1 amide bonds. The normalized spacial score (nSPS) is 13.6. The number of quaternary nitrogens is 1. The van der Waals surface area contributed by atoms with Gasteiger partial charge >= 0.3 is 0 Å². The fourth-order valence-electron chi connectivity index (χ4n) is 2.80. The maximum Gasteiger partial charge on any atom is 0.279 e. The molecule has 5 heteroatoms. The minimum absolute atomic E-state index is 0.0157. The number of anilines is 1. The van der Waals surface area contributed by atoms with Crippen molar-refractivity contribution in [2.75, 3.05) is 25.7 Å². The molecule has 1 unspecified atom stereocenters. The van der Waals surface area contributed by atoms with Gasteiger partial charge in [-0.3, -0.25) is 4.79 Å². The van der Waals surface area contributed by atoms with Crippen molar-refractivity contribution in [1.82, 2.24) is 0 Å². The lowest BCUT2D eigenvalue weighted by molar-refractivity contribution is -0.885. The van der Waals surface area contributed by atoms with Crippen LogP contribution in [-0.2, 0) is 11.3 Å². The lowest BCUT2D eigenvalue weighted by Crippen LogP contribution is -3.08. The molecular weight excluding hydrogens is 304 g/mol. The quantitative estimate of drug-likeness (QED) is 0.879. The van der Waals surface area contributed by atoms with Crippen molar-refractivity contribution in [2.45, 2.75) is 20.4 Å². The maximum absolute atomic E-state index is 12.3. The van der Waals surface area contributed by atoms with Gasteiger partial charge in [0.1, 0.15) is 6.54 Å². The first kappa shape index (κ1) is 16.3. The molecule has 0 fully saturated rings.